The lowest BCUT2D eigenvalue weighted by Crippen LogP contribution is -2.24. The molecule has 21 heavy (non-hydrogen) atoms. The molecule has 2 aromatic rings. The molecule has 0 heterocycles. The Bertz CT molecular complexity index is 598. The van der Waals surface area contributed by atoms with Crippen LogP contribution in [-0.4, -0.2) is 6.54 Å². The fraction of sp³-hybridized carbons (Fsp3) is 0.333. The Hall–Kier alpha value is -1.19. The van der Waals surface area contributed by atoms with Crippen LogP contribution in [0.4, 0.5) is 4.39 Å². The number of nitrogens with one attached hydrogen (secondary N) is 1. The second kappa shape index (κ2) is 7.71. The monoisotopic (exact) mass is 349 g/mol. The Kier molecular flexibility index (Phi) is 5.95. The number of halogens is 2. The summed E-state index contributed by atoms with van der Waals surface area (Å²) in [6, 6.07) is 13.3. The van der Waals surface area contributed by atoms with Gasteiger partial charge < -0.3 is 5.32 Å². The smallest absolute Gasteiger partial charge is 0.123 e. The molecule has 0 aliphatic rings. The Balaban J connectivity index is 2.27. The van der Waals surface area contributed by atoms with Crippen molar-refractivity contribution < 1.29 is 4.39 Å². The van der Waals surface area contributed by atoms with Crippen LogP contribution in [0.2, 0.25) is 0 Å². The van der Waals surface area contributed by atoms with Gasteiger partial charge in [-0.2, -0.15) is 0 Å². The van der Waals surface area contributed by atoms with E-state index in [1.54, 1.807) is 12.1 Å². The first-order chi connectivity index (χ1) is 10.1. The Labute approximate surface area is 134 Å². The first-order valence-corrected chi connectivity index (χ1v) is 8.14. The van der Waals surface area contributed by atoms with Gasteiger partial charge in [0, 0.05) is 10.5 Å². The minimum Gasteiger partial charge on any atom is -0.310 e. The molecule has 0 bridgehead atoms. The summed E-state index contributed by atoms with van der Waals surface area (Å²) in [5, 5.41) is 3.57. The van der Waals surface area contributed by atoms with Gasteiger partial charge in [-0.15, -0.1) is 0 Å². The molecule has 0 aliphatic carbocycles. The SMILES string of the molecule is CCCNC(Cc1cccc(F)c1)c1cccc(C)c1Br. The molecule has 112 valence electrons. The van der Waals surface area contributed by atoms with E-state index in [2.05, 4.69) is 53.3 Å². The molecule has 0 spiro atoms. The van der Waals surface area contributed by atoms with Gasteiger partial charge in [-0.1, -0.05) is 53.2 Å². The first kappa shape index (κ1) is 16.2. The van der Waals surface area contributed by atoms with Crippen molar-refractivity contribution in [2.45, 2.75) is 32.7 Å². The Morgan fingerprint density at radius 3 is 2.67 bits per heavy atom. The highest BCUT2D eigenvalue weighted by Gasteiger charge is 2.15. The summed E-state index contributed by atoms with van der Waals surface area (Å²) in [6.45, 7) is 5.19. The van der Waals surface area contributed by atoms with E-state index in [1.807, 2.05) is 6.07 Å². The van der Waals surface area contributed by atoms with Gasteiger partial charge in [-0.05, 0) is 55.1 Å². The highest BCUT2D eigenvalue weighted by Crippen LogP contribution is 2.29. The van der Waals surface area contributed by atoms with Gasteiger partial charge in [0.05, 0.1) is 0 Å². The summed E-state index contributed by atoms with van der Waals surface area (Å²) in [5.41, 5.74) is 3.46. The fourth-order valence-electron chi connectivity index (χ4n) is 2.45. The minimum atomic E-state index is -0.176. The maximum Gasteiger partial charge on any atom is 0.123 e. The summed E-state index contributed by atoms with van der Waals surface area (Å²) in [4.78, 5) is 0. The number of benzene rings is 2. The quantitative estimate of drug-likeness (QED) is 0.757. The van der Waals surface area contributed by atoms with Gasteiger partial charge >= 0.3 is 0 Å². The highest BCUT2D eigenvalue weighted by atomic mass is 79.9. The molecule has 0 fully saturated rings. The summed E-state index contributed by atoms with van der Waals surface area (Å²) < 4.78 is 14.5. The van der Waals surface area contributed by atoms with Gasteiger partial charge in [0.25, 0.3) is 0 Å². The average molecular weight is 350 g/mol. The van der Waals surface area contributed by atoms with Crippen molar-refractivity contribution in [1.29, 1.82) is 0 Å². The molecule has 0 aliphatic heterocycles. The maximum atomic E-state index is 13.4. The van der Waals surface area contributed by atoms with Crippen LogP contribution in [0.5, 0.6) is 0 Å². The third-order valence-corrected chi connectivity index (χ3v) is 4.65. The van der Waals surface area contributed by atoms with Crippen LogP contribution in [0.25, 0.3) is 0 Å². The van der Waals surface area contributed by atoms with Crippen LogP contribution in [0.3, 0.4) is 0 Å². The van der Waals surface area contributed by atoms with E-state index in [4.69, 9.17) is 0 Å². The van der Waals surface area contributed by atoms with Gasteiger partial charge in [0.1, 0.15) is 5.82 Å². The molecule has 0 aromatic heterocycles. The van der Waals surface area contributed by atoms with E-state index in [1.165, 1.54) is 17.2 Å². The van der Waals surface area contributed by atoms with E-state index in [9.17, 15) is 4.39 Å². The topological polar surface area (TPSA) is 12.0 Å². The van der Waals surface area contributed by atoms with E-state index in [-0.39, 0.29) is 11.9 Å². The summed E-state index contributed by atoms with van der Waals surface area (Å²) in [6.07, 6.45) is 1.85. The number of aryl methyl sites for hydroxylation is 1. The molecule has 1 N–H and O–H groups in total. The third-order valence-electron chi connectivity index (χ3n) is 3.57. The lowest BCUT2D eigenvalue weighted by atomic mass is 9.97. The molecule has 0 saturated carbocycles. The molecule has 2 aromatic carbocycles. The second-order valence-electron chi connectivity index (χ2n) is 5.32. The van der Waals surface area contributed by atoms with E-state index in [0.29, 0.717) is 0 Å². The predicted molar refractivity (Wildman–Crippen MR) is 90.0 cm³/mol. The minimum absolute atomic E-state index is 0.176. The lowest BCUT2D eigenvalue weighted by molar-refractivity contribution is 0.525. The Morgan fingerprint density at radius 1 is 1.19 bits per heavy atom. The zero-order valence-corrected chi connectivity index (χ0v) is 14.1. The molecule has 2 rings (SSSR count). The van der Waals surface area contributed by atoms with Gasteiger partial charge in [-0.3, -0.25) is 0 Å². The van der Waals surface area contributed by atoms with Crippen molar-refractivity contribution in [3.63, 3.8) is 0 Å². The number of hydrogen-bond acceptors (Lipinski definition) is 1. The van der Waals surface area contributed by atoms with Crippen molar-refractivity contribution in [1.82, 2.24) is 5.32 Å². The van der Waals surface area contributed by atoms with Gasteiger partial charge in [-0.25, -0.2) is 4.39 Å². The Morgan fingerprint density at radius 2 is 1.95 bits per heavy atom. The molecule has 1 nitrogen and oxygen atoms in total. The lowest BCUT2D eigenvalue weighted by Gasteiger charge is -2.21. The molecule has 1 unspecified atom stereocenters. The average Bonchev–Trinajstić information content (AvgIpc) is 2.47. The van der Waals surface area contributed by atoms with Crippen LogP contribution in [0, 0.1) is 12.7 Å². The molecule has 0 amide bonds. The summed E-state index contributed by atoms with van der Waals surface area (Å²) in [5.74, 6) is -0.176. The first-order valence-electron chi connectivity index (χ1n) is 7.34. The van der Waals surface area contributed by atoms with Crippen molar-refractivity contribution in [2.75, 3.05) is 6.54 Å². The molecule has 0 radical (unpaired) electrons. The zero-order chi connectivity index (χ0) is 15.2. The normalized spacial score (nSPS) is 12.4. The summed E-state index contributed by atoms with van der Waals surface area (Å²) in [7, 11) is 0. The molecular weight excluding hydrogens is 329 g/mol. The maximum absolute atomic E-state index is 13.4. The van der Waals surface area contributed by atoms with Crippen molar-refractivity contribution >= 4 is 15.9 Å². The van der Waals surface area contributed by atoms with Crippen LogP contribution < -0.4 is 5.32 Å². The number of rotatable bonds is 6. The third kappa shape index (κ3) is 4.39. The van der Waals surface area contributed by atoms with E-state index < -0.39 is 0 Å². The van der Waals surface area contributed by atoms with Crippen molar-refractivity contribution in [3.8, 4) is 0 Å². The van der Waals surface area contributed by atoms with Crippen LogP contribution in [0.15, 0.2) is 46.9 Å². The predicted octanol–water partition coefficient (Wildman–Crippen LogP) is 5.18. The molecule has 1 atom stereocenters. The van der Waals surface area contributed by atoms with Crippen molar-refractivity contribution in [2.24, 2.45) is 0 Å². The van der Waals surface area contributed by atoms with Gasteiger partial charge in [0.15, 0.2) is 0 Å². The fourth-order valence-corrected chi connectivity index (χ4v) is 2.99. The standard InChI is InChI=1S/C18H21BrFN/c1-3-10-21-17(12-14-7-5-8-15(20)11-14)16-9-4-6-13(2)18(16)19/h4-9,11,17,21H,3,10,12H2,1-2H3. The molecule has 3 heteroatoms. The zero-order valence-electron chi connectivity index (χ0n) is 12.5. The van der Waals surface area contributed by atoms with E-state index >= 15 is 0 Å². The highest BCUT2D eigenvalue weighted by molar-refractivity contribution is 9.10. The van der Waals surface area contributed by atoms with Crippen LogP contribution in [0.1, 0.15) is 36.1 Å². The largest absolute Gasteiger partial charge is 0.310 e. The van der Waals surface area contributed by atoms with E-state index in [0.717, 1.165) is 29.4 Å². The number of hydrogen-bond donors (Lipinski definition) is 1. The van der Waals surface area contributed by atoms with Gasteiger partial charge in [0.2, 0.25) is 0 Å². The molecular formula is C18H21BrFN. The summed E-state index contributed by atoms with van der Waals surface area (Å²) >= 11 is 3.69. The molecule has 0 saturated heterocycles. The second-order valence-corrected chi connectivity index (χ2v) is 6.11. The van der Waals surface area contributed by atoms with Crippen molar-refractivity contribution in [3.05, 3.63) is 69.4 Å². The van der Waals surface area contributed by atoms with Crippen LogP contribution in [-0.2, 0) is 6.42 Å². The van der Waals surface area contributed by atoms with Crippen LogP contribution >= 0.6 is 15.9 Å².